The second-order valence-electron chi connectivity index (χ2n) is 8.84. The van der Waals surface area contributed by atoms with E-state index in [-0.39, 0.29) is 18.2 Å². The molecule has 6 rings (SSSR count). The van der Waals surface area contributed by atoms with E-state index in [4.69, 9.17) is 18.9 Å². The molecule has 182 valence electrons. The first-order valence-corrected chi connectivity index (χ1v) is 11.8. The summed E-state index contributed by atoms with van der Waals surface area (Å²) in [7, 11) is 1.62. The average molecular weight is 478 g/mol. The number of carbonyl (C=O) groups is 1. The van der Waals surface area contributed by atoms with Gasteiger partial charge in [-0.2, -0.15) is 0 Å². The minimum atomic E-state index is -0.343. The van der Waals surface area contributed by atoms with Crippen molar-refractivity contribution in [2.75, 3.05) is 56.3 Å². The molecular formula is C25H27N5O5. The highest BCUT2D eigenvalue weighted by molar-refractivity contribution is 5.90. The summed E-state index contributed by atoms with van der Waals surface area (Å²) in [6, 6.07) is 11.6. The molecule has 1 amide bonds. The van der Waals surface area contributed by atoms with Crippen molar-refractivity contribution in [1.29, 1.82) is 0 Å². The monoisotopic (exact) mass is 477 g/mol. The lowest BCUT2D eigenvalue weighted by molar-refractivity contribution is 0.138. The second-order valence-corrected chi connectivity index (χ2v) is 8.84. The van der Waals surface area contributed by atoms with Crippen molar-refractivity contribution in [2.24, 2.45) is 0 Å². The summed E-state index contributed by atoms with van der Waals surface area (Å²) in [5.41, 5.74) is 3.49. The Morgan fingerprint density at radius 3 is 2.89 bits per heavy atom. The Balaban J connectivity index is 1.07. The molecule has 0 unspecified atom stereocenters. The number of fused-ring (bicyclic) bond motifs is 2. The number of anilines is 2. The van der Waals surface area contributed by atoms with Gasteiger partial charge in [-0.3, -0.25) is 9.88 Å². The van der Waals surface area contributed by atoms with Gasteiger partial charge in [-0.15, -0.1) is 0 Å². The molecule has 0 bridgehead atoms. The zero-order chi connectivity index (χ0) is 23.8. The van der Waals surface area contributed by atoms with Crippen LogP contribution in [0.1, 0.15) is 6.42 Å². The number of pyridine rings is 2. The maximum absolute atomic E-state index is 12.5. The number of amides is 1. The van der Waals surface area contributed by atoms with Gasteiger partial charge in [0.25, 0.3) is 0 Å². The van der Waals surface area contributed by atoms with Crippen LogP contribution < -0.4 is 29.3 Å². The molecule has 3 aliphatic rings. The van der Waals surface area contributed by atoms with Crippen molar-refractivity contribution < 1.29 is 23.7 Å². The summed E-state index contributed by atoms with van der Waals surface area (Å²) in [6.45, 7) is 3.86. The number of hydrogen-bond acceptors (Lipinski definition) is 9. The number of carbonyl (C=O) groups excluding carboxylic acids is 1. The van der Waals surface area contributed by atoms with Gasteiger partial charge >= 0.3 is 6.09 Å². The molecule has 1 aromatic carbocycles. The van der Waals surface area contributed by atoms with E-state index in [2.05, 4.69) is 20.2 Å². The molecule has 0 spiro atoms. The van der Waals surface area contributed by atoms with Gasteiger partial charge in [-0.1, -0.05) is 0 Å². The normalized spacial score (nSPS) is 21.5. The largest absolute Gasteiger partial charge is 0.486 e. The van der Waals surface area contributed by atoms with Crippen LogP contribution in [0.3, 0.4) is 0 Å². The lowest BCUT2D eigenvalue weighted by Gasteiger charge is -2.21. The van der Waals surface area contributed by atoms with Crippen molar-refractivity contribution in [3.05, 3.63) is 42.6 Å². The van der Waals surface area contributed by atoms with E-state index in [1.54, 1.807) is 12.0 Å². The first-order chi connectivity index (χ1) is 17.2. The van der Waals surface area contributed by atoms with E-state index in [1.165, 1.54) is 0 Å². The molecule has 5 heterocycles. The van der Waals surface area contributed by atoms with Gasteiger partial charge in [0.2, 0.25) is 5.88 Å². The fourth-order valence-corrected chi connectivity index (χ4v) is 4.84. The summed E-state index contributed by atoms with van der Waals surface area (Å²) in [5.74, 6) is 1.93. The number of nitrogens with zero attached hydrogens (tertiary/aromatic N) is 4. The number of rotatable bonds is 6. The third-order valence-corrected chi connectivity index (χ3v) is 6.62. The fraction of sp³-hybridized carbons (Fsp3) is 0.400. The van der Waals surface area contributed by atoms with Crippen molar-refractivity contribution in [3.63, 3.8) is 0 Å². The maximum Gasteiger partial charge on any atom is 0.414 e. The molecule has 0 aliphatic carbocycles. The quantitative estimate of drug-likeness (QED) is 0.574. The van der Waals surface area contributed by atoms with Crippen LogP contribution in [0.15, 0.2) is 42.6 Å². The zero-order valence-corrected chi connectivity index (χ0v) is 19.5. The molecule has 1 N–H and O–H groups in total. The highest BCUT2D eigenvalue weighted by Crippen LogP contribution is 2.35. The van der Waals surface area contributed by atoms with Crippen LogP contribution in [-0.4, -0.2) is 74.7 Å². The lowest BCUT2D eigenvalue weighted by atomic mass is 10.2. The highest BCUT2D eigenvalue weighted by atomic mass is 16.6. The number of hydrogen-bond donors (Lipinski definition) is 1. The molecule has 10 heteroatoms. The van der Waals surface area contributed by atoms with Gasteiger partial charge in [0.05, 0.1) is 30.5 Å². The summed E-state index contributed by atoms with van der Waals surface area (Å²) in [4.78, 5) is 25.5. The molecule has 2 atom stereocenters. The van der Waals surface area contributed by atoms with Crippen LogP contribution in [0.5, 0.6) is 17.4 Å². The Kier molecular flexibility index (Phi) is 5.65. The smallest absolute Gasteiger partial charge is 0.414 e. The summed E-state index contributed by atoms with van der Waals surface area (Å²) >= 11 is 0. The van der Waals surface area contributed by atoms with E-state index in [0.717, 1.165) is 41.9 Å². The molecule has 0 radical (unpaired) electrons. The van der Waals surface area contributed by atoms with Gasteiger partial charge in [0.1, 0.15) is 24.8 Å². The van der Waals surface area contributed by atoms with Gasteiger partial charge < -0.3 is 29.2 Å². The van der Waals surface area contributed by atoms with Crippen molar-refractivity contribution >= 4 is 28.5 Å². The maximum atomic E-state index is 12.5. The summed E-state index contributed by atoms with van der Waals surface area (Å²) in [6.07, 6.45) is 2.24. The molecule has 2 saturated heterocycles. The predicted molar refractivity (Wildman–Crippen MR) is 130 cm³/mol. The molecule has 2 aromatic heterocycles. The second kappa shape index (κ2) is 9.10. The molecule has 3 aromatic rings. The SMILES string of the molecule is COc1ccc2nccc(N3CC[C@@H](NC[C@@H]4CN(c5ccc6c(c5)OCCO6)C(=O)O4)C3)c2n1. The van der Waals surface area contributed by atoms with E-state index >= 15 is 0 Å². The van der Waals surface area contributed by atoms with Crippen LogP contribution in [0.25, 0.3) is 11.0 Å². The third kappa shape index (κ3) is 4.25. The van der Waals surface area contributed by atoms with Crippen LogP contribution in [0.4, 0.5) is 16.2 Å². The third-order valence-electron chi connectivity index (χ3n) is 6.62. The Morgan fingerprint density at radius 2 is 2.00 bits per heavy atom. The number of ether oxygens (including phenoxy) is 4. The number of benzene rings is 1. The molecule has 0 saturated carbocycles. The van der Waals surface area contributed by atoms with Gasteiger partial charge in [0.15, 0.2) is 11.5 Å². The topological polar surface area (TPSA) is 98.3 Å². The van der Waals surface area contributed by atoms with Crippen molar-refractivity contribution in [3.8, 4) is 17.4 Å². The van der Waals surface area contributed by atoms with Crippen molar-refractivity contribution in [1.82, 2.24) is 15.3 Å². The Hall–Kier alpha value is -3.79. The molecule has 35 heavy (non-hydrogen) atoms. The van der Waals surface area contributed by atoms with E-state index in [9.17, 15) is 4.79 Å². The van der Waals surface area contributed by atoms with E-state index in [0.29, 0.717) is 43.7 Å². The number of nitrogens with one attached hydrogen (secondary N) is 1. The van der Waals surface area contributed by atoms with Gasteiger partial charge in [0, 0.05) is 44.0 Å². The summed E-state index contributed by atoms with van der Waals surface area (Å²) in [5, 5.41) is 3.59. The summed E-state index contributed by atoms with van der Waals surface area (Å²) < 4.78 is 22.2. The van der Waals surface area contributed by atoms with E-state index in [1.807, 2.05) is 42.6 Å². The van der Waals surface area contributed by atoms with Crippen LogP contribution in [-0.2, 0) is 4.74 Å². The molecule has 10 nitrogen and oxygen atoms in total. The molecular weight excluding hydrogens is 450 g/mol. The van der Waals surface area contributed by atoms with E-state index < -0.39 is 0 Å². The van der Waals surface area contributed by atoms with Crippen LogP contribution >= 0.6 is 0 Å². The standard InChI is InChI=1S/C25H27N5O5/c1-32-23-5-3-19-24(28-23)20(6-8-26-19)29-9-7-16(14-29)27-13-18-15-30(25(31)35-18)17-2-4-21-22(12-17)34-11-10-33-21/h2-6,8,12,16,18,27H,7,9-11,13-15H2,1H3/t16-,18-/m1/s1. The Morgan fingerprint density at radius 1 is 1.11 bits per heavy atom. The fourth-order valence-electron chi connectivity index (χ4n) is 4.84. The lowest BCUT2D eigenvalue weighted by Crippen LogP contribution is -2.39. The Labute approximate surface area is 202 Å². The molecule has 3 aliphatic heterocycles. The zero-order valence-electron chi connectivity index (χ0n) is 19.5. The van der Waals surface area contributed by atoms with Crippen LogP contribution in [0, 0.1) is 0 Å². The Bertz CT molecular complexity index is 1250. The number of aromatic nitrogens is 2. The van der Waals surface area contributed by atoms with Crippen molar-refractivity contribution in [2.45, 2.75) is 18.6 Å². The number of methoxy groups -OCH3 is 1. The first-order valence-electron chi connectivity index (χ1n) is 11.8. The minimum absolute atomic E-state index is 0.225. The average Bonchev–Trinajstić information content (AvgIpc) is 3.53. The van der Waals surface area contributed by atoms with Gasteiger partial charge in [-0.05, 0) is 30.7 Å². The van der Waals surface area contributed by atoms with Crippen LogP contribution in [0.2, 0.25) is 0 Å². The number of cyclic esters (lactones) is 1. The highest BCUT2D eigenvalue weighted by Gasteiger charge is 2.34. The minimum Gasteiger partial charge on any atom is -0.486 e. The predicted octanol–water partition coefficient (Wildman–Crippen LogP) is 2.60. The molecule has 2 fully saturated rings. The first kappa shape index (κ1) is 21.7. The van der Waals surface area contributed by atoms with Gasteiger partial charge in [-0.25, -0.2) is 9.78 Å².